The van der Waals surface area contributed by atoms with E-state index >= 15 is 0 Å². The first-order valence-corrected chi connectivity index (χ1v) is 9.39. The van der Waals surface area contributed by atoms with E-state index < -0.39 is 17.0 Å². The molecule has 0 rings (SSSR count). The van der Waals surface area contributed by atoms with Crippen LogP contribution in [-0.2, 0) is 9.47 Å². The molecule has 0 aromatic heterocycles. The van der Waals surface area contributed by atoms with Crippen molar-refractivity contribution in [2.24, 2.45) is 22.6 Å². The summed E-state index contributed by atoms with van der Waals surface area (Å²) in [6.45, 7) is 11.2. The van der Waals surface area contributed by atoms with Gasteiger partial charge in [0, 0.05) is 13.2 Å². The molecule has 0 aromatic rings. The highest BCUT2D eigenvalue weighted by Gasteiger charge is 2.57. The fourth-order valence-electron chi connectivity index (χ4n) is 3.72. The van der Waals surface area contributed by atoms with Crippen LogP contribution >= 0.6 is 0 Å². The average Bonchev–Trinajstić information content (AvgIpc) is 2.45. The van der Waals surface area contributed by atoms with E-state index in [1.54, 1.807) is 0 Å². The molecular weight excluding hydrogens is 290 g/mol. The third-order valence-electron chi connectivity index (χ3n) is 5.10. The maximum Gasteiger partial charge on any atom is 0.175 e. The Bertz CT molecular complexity index is 299. The molecule has 0 heterocycles. The Morgan fingerprint density at radius 1 is 0.739 bits per heavy atom. The normalized spacial score (nSPS) is 15.7. The van der Waals surface area contributed by atoms with Crippen molar-refractivity contribution < 1.29 is 9.47 Å². The maximum atomic E-state index is 6.23. The summed E-state index contributed by atoms with van der Waals surface area (Å²) in [5, 5.41) is 0. The van der Waals surface area contributed by atoms with Gasteiger partial charge in [-0.15, -0.1) is 0 Å². The van der Waals surface area contributed by atoms with Crippen molar-refractivity contribution >= 4 is 0 Å². The Balaban J connectivity index is 5.15. The van der Waals surface area contributed by atoms with Crippen LogP contribution in [0.5, 0.6) is 0 Å². The van der Waals surface area contributed by atoms with E-state index in [1.165, 1.54) is 25.7 Å². The van der Waals surface area contributed by atoms with Crippen LogP contribution in [0.1, 0.15) is 86.0 Å². The van der Waals surface area contributed by atoms with Crippen LogP contribution in [0.4, 0.5) is 0 Å². The van der Waals surface area contributed by atoms with E-state index in [0.29, 0.717) is 19.6 Å². The van der Waals surface area contributed by atoms with Crippen molar-refractivity contribution in [1.29, 1.82) is 0 Å². The fourth-order valence-corrected chi connectivity index (χ4v) is 3.72. The summed E-state index contributed by atoms with van der Waals surface area (Å²) >= 11 is 0. The van der Waals surface area contributed by atoms with Gasteiger partial charge in [-0.25, -0.2) is 0 Å². The minimum absolute atomic E-state index is 0.533. The van der Waals surface area contributed by atoms with Crippen LogP contribution in [0.3, 0.4) is 0 Å². The number of ether oxygens (including phenoxy) is 2. The predicted octanol–water partition coefficient (Wildman–Crippen LogP) is 3.45. The molecule has 0 amide bonds. The van der Waals surface area contributed by atoms with Crippen LogP contribution in [-0.4, -0.2) is 24.8 Å². The van der Waals surface area contributed by atoms with Crippen molar-refractivity contribution in [3.05, 3.63) is 0 Å². The van der Waals surface area contributed by atoms with Crippen LogP contribution < -0.4 is 17.2 Å². The van der Waals surface area contributed by atoms with Crippen molar-refractivity contribution in [3.63, 3.8) is 0 Å². The summed E-state index contributed by atoms with van der Waals surface area (Å²) in [5.74, 6) is -2.24. The first-order chi connectivity index (χ1) is 10.7. The lowest BCUT2D eigenvalue weighted by Crippen LogP contribution is -2.76. The SMILES string of the molecule is CCCCCCCCC(CC)(C(N)(N)N)C(C)(OCC)OCC. The van der Waals surface area contributed by atoms with Gasteiger partial charge in [0.2, 0.25) is 0 Å². The molecule has 0 saturated carbocycles. The van der Waals surface area contributed by atoms with Gasteiger partial charge >= 0.3 is 0 Å². The summed E-state index contributed by atoms with van der Waals surface area (Å²) in [5.41, 5.74) is 18.1. The summed E-state index contributed by atoms with van der Waals surface area (Å²) < 4.78 is 12.0. The molecule has 6 N–H and O–H groups in total. The molecule has 140 valence electrons. The number of rotatable bonds is 14. The molecule has 0 saturated heterocycles. The van der Waals surface area contributed by atoms with Crippen molar-refractivity contribution in [3.8, 4) is 0 Å². The lowest BCUT2D eigenvalue weighted by molar-refractivity contribution is -0.305. The first kappa shape index (κ1) is 22.8. The van der Waals surface area contributed by atoms with E-state index in [4.69, 9.17) is 26.7 Å². The van der Waals surface area contributed by atoms with E-state index in [1.807, 2.05) is 20.8 Å². The zero-order valence-corrected chi connectivity index (χ0v) is 16.1. The molecule has 0 aliphatic carbocycles. The van der Waals surface area contributed by atoms with Gasteiger partial charge in [0.1, 0.15) is 5.79 Å². The second-order valence-corrected chi connectivity index (χ2v) is 6.70. The Hall–Kier alpha value is -0.200. The standard InChI is InChI=1S/C18H41N3O2/c1-6-10-11-12-13-14-15-17(7-2,18(19,20)21)16(5,22-8-3)23-9-4/h6-15,19-21H2,1-5H3. The molecule has 23 heavy (non-hydrogen) atoms. The van der Waals surface area contributed by atoms with E-state index in [2.05, 4.69) is 13.8 Å². The van der Waals surface area contributed by atoms with Crippen molar-refractivity contribution in [1.82, 2.24) is 0 Å². The highest BCUT2D eigenvalue weighted by Crippen LogP contribution is 2.47. The monoisotopic (exact) mass is 331 g/mol. The molecule has 0 radical (unpaired) electrons. The molecule has 1 atom stereocenters. The van der Waals surface area contributed by atoms with Crippen LogP contribution in [0.15, 0.2) is 0 Å². The molecule has 0 fully saturated rings. The summed E-state index contributed by atoms with van der Waals surface area (Å²) in [6, 6.07) is 0. The molecule has 0 aliphatic rings. The highest BCUT2D eigenvalue weighted by molar-refractivity contribution is 5.02. The van der Waals surface area contributed by atoms with Gasteiger partial charge in [0.15, 0.2) is 5.79 Å². The topological polar surface area (TPSA) is 96.5 Å². The van der Waals surface area contributed by atoms with Gasteiger partial charge in [-0.2, -0.15) is 0 Å². The summed E-state index contributed by atoms with van der Waals surface area (Å²) in [4.78, 5) is 0. The maximum absolute atomic E-state index is 6.23. The smallest absolute Gasteiger partial charge is 0.175 e. The zero-order valence-electron chi connectivity index (χ0n) is 16.1. The van der Waals surface area contributed by atoms with Gasteiger partial charge in [0.25, 0.3) is 0 Å². The molecule has 5 nitrogen and oxygen atoms in total. The van der Waals surface area contributed by atoms with E-state index in [0.717, 1.165) is 19.3 Å². The predicted molar refractivity (Wildman–Crippen MR) is 97.7 cm³/mol. The molecule has 0 bridgehead atoms. The largest absolute Gasteiger partial charge is 0.350 e. The molecule has 1 unspecified atom stereocenters. The van der Waals surface area contributed by atoms with Crippen LogP contribution in [0.25, 0.3) is 0 Å². The molecule has 5 heteroatoms. The third-order valence-corrected chi connectivity index (χ3v) is 5.10. The summed E-state index contributed by atoms with van der Waals surface area (Å²) in [6.07, 6.45) is 8.76. The number of hydrogen-bond acceptors (Lipinski definition) is 5. The quantitative estimate of drug-likeness (QED) is 0.334. The minimum Gasteiger partial charge on any atom is -0.350 e. The number of unbranched alkanes of at least 4 members (excludes halogenated alkanes) is 5. The molecule has 0 aliphatic heterocycles. The van der Waals surface area contributed by atoms with E-state index in [9.17, 15) is 0 Å². The first-order valence-electron chi connectivity index (χ1n) is 9.39. The van der Waals surface area contributed by atoms with Gasteiger partial charge < -0.3 is 26.7 Å². The Morgan fingerprint density at radius 2 is 1.22 bits per heavy atom. The Morgan fingerprint density at radius 3 is 1.61 bits per heavy atom. The Kier molecular flexibility index (Phi) is 10.5. The molecule has 0 spiro atoms. The van der Waals surface area contributed by atoms with Gasteiger partial charge in [0.05, 0.1) is 5.41 Å². The second kappa shape index (κ2) is 10.6. The van der Waals surface area contributed by atoms with Gasteiger partial charge in [-0.3, -0.25) is 0 Å². The average molecular weight is 332 g/mol. The molecular formula is C18H41N3O2. The number of nitrogens with two attached hydrogens (primary N) is 3. The van der Waals surface area contributed by atoms with Crippen LogP contribution in [0, 0.1) is 5.41 Å². The van der Waals surface area contributed by atoms with Crippen LogP contribution in [0.2, 0.25) is 0 Å². The fraction of sp³-hybridized carbons (Fsp3) is 1.00. The van der Waals surface area contributed by atoms with Gasteiger partial charge in [-0.1, -0.05) is 52.4 Å². The molecule has 0 aromatic carbocycles. The highest BCUT2D eigenvalue weighted by atomic mass is 16.7. The third kappa shape index (κ3) is 5.98. The lowest BCUT2D eigenvalue weighted by atomic mass is 9.68. The zero-order chi connectivity index (χ0) is 18.0. The van der Waals surface area contributed by atoms with Crippen molar-refractivity contribution in [2.45, 2.75) is 97.6 Å². The Labute approximate surface area is 143 Å². The van der Waals surface area contributed by atoms with Gasteiger partial charge in [-0.05, 0) is 33.6 Å². The van der Waals surface area contributed by atoms with E-state index in [-0.39, 0.29) is 0 Å². The van der Waals surface area contributed by atoms with Crippen molar-refractivity contribution in [2.75, 3.05) is 13.2 Å². The number of hydrogen-bond donors (Lipinski definition) is 3. The second-order valence-electron chi connectivity index (χ2n) is 6.70. The lowest BCUT2D eigenvalue weighted by Gasteiger charge is -2.53. The minimum atomic E-state index is -1.36. The summed E-state index contributed by atoms with van der Waals surface area (Å²) in [7, 11) is 0.